The van der Waals surface area contributed by atoms with Gasteiger partial charge in [-0.05, 0) is 42.8 Å². The molecule has 0 bridgehead atoms. The first-order valence-electron chi connectivity index (χ1n) is 9.28. The van der Waals surface area contributed by atoms with Crippen LogP contribution in [0.5, 0.6) is 11.5 Å². The van der Waals surface area contributed by atoms with E-state index in [0.717, 1.165) is 12.1 Å². The molecule has 31 heavy (non-hydrogen) atoms. The molecule has 7 nitrogen and oxygen atoms in total. The Bertz CT molecular complexity index is 998. The van der Waals surface area contributed by atoms with Gasteiger partial charge in [-0.3, -0.25) is 9.59 Å². The summed E-state index contributed by atoms with van der Waals surface area (Å²) < 4.78 is 37.8. The lowest BCUT2D eigenvalue weighted by Crippen LogP contribution is -2.37. The van der Waals surface area contributed by atoms with Crippen LogP contribution >= 0.6 is 0 Å². The van der Waals surface area contributed by atoms with Crippen LogP contribution in [0.4, 0.5) is 14.5 Å². The second-order valence-electron chi connectivity index (χ2n) is 6.19. The molecule has 2 amide bonds. The van der Waals surface area contributed by atoms with Crippen LogP contribution in [-0.4, -0.2) is 43.5 Å². The zero-order valence-electron chi connectivity index (χ0n) is 17.0. The number of nitriles is 1. The molecule has 2 rings (SSSR count). The summed E-state index contributed by atoms with van der Waals surface area (Å²) in [7, 11) is 1.45. The first-order chi connectivity index (χ1) is 14.9. The highest BCUT2D eigenvalue weighted by molar-refractivity contribution is 5.98. The minimum atomic E-state index is -0.904. The van der Waals surface area contributed by atoms with Gasteiger partial charge in [0.1, 0.15) is 29.9 Å². The smallest absolute Gasteiger partial charge is 0.247 e. The molecule has 0 radical (unpaired) electrons. The van der Waals surface area contributed by atoms with Crippen molar-refractivity contribution in [2.45, 2.75) is 6.92 Å². The number of carbonyl (C=O) groups excluding carboxylic acids is 2. The first-order valence-corrected chi connectivity index (χ1v) is 9.28. The average molecular weight is 429 g/mol. The van der Waals surface area contributed by atoms with Crippen molar-refractivity contribution in [2.75, 3.05) is 32.1 Å². The number of nitrogens with one attached hydrogen (secondary N) is 1. The van der Waals surface area contributed by atoms with E-state index >= 15 is 0 Å². The molecule has 1 N–H and O–H groups in total. The largest absolute Gasteiger partial charge is 0.493 e. The van der Waals surface area contributed by atoms with Crippen molar-refractivity contribution in [3.63, 3.8) is 0 Å². The van der Waals surface area contributed by atoms with Crippen molar-refractivity contribution in [1.29, 1.82) is 5.26 Å². The summed E-state index contributed by atoms with van der Waals surface area (Å²) in [4.78, 5) is 25.8. The number of ether oxygens (including phenoxy) is 2. The number of methoxy groups -OCH3 is 1. The van der Waals surface area contributed by atoms with E-state index in [2.05, 4.69) is 5.32 Å². The van der Waals surface area contributed by atoms with Crippen molar-refractivity contribution < 1.29 is 27.8 Å². The molecule has 0 aliphatic rings. The van der Waals surface area contributed by atoms with Gasteiger partial charge in [0, 0.05) is 12.6 Å². The number of halogens is 2. The van der Waals surface area contributed by atoms with Gasteiger partial charge in [-0.25, -0.2) is 8.78 Å². The molecule has 0 saturated heterocycles. The molecule has 0 aromatic heterocycles. The number of likely N-dealkylation sites (N-methyl/N-ethyl adjacent to an activating group) is 1. The Morgan fingerprint density at radius 2 is 1.90 bits per heavy atom. The number of hydrogen-bond donors (Lipinski definition) is 1. The molecule has 2 aromatic carbocycles. The van der Waals surface area contributed by atoms with Crippen molar-refractivity contribution in [3.8, 4) is 17.6 Å². The molecule has 0 saturated carbocycles. The van der Waals surface area contributed by atoms with Crippen molar-refractivity contribution in [2.24, 2.45) is 0 Å². The Labute approximate surface area is 178 Å². The van der Waals surface area contributed by atoms with E-state index in [9.17, 15) is 18.4 Å². The fourth-order valence-corrected chi connectivity index (χ4v) is 2.61. The Hall–Kier alpha value is -3.93. The number of nitrogens with zero attached hydrogens (tertiary/aromatic N) is 2. The van der Waals surface area contributed by atoms with E-state index in [1.807, 2.05) is 6.07 Å². The van der Waals surface area contributed by atoms with Gasteiger partial charge < -0.3 is 19.7 Å². The quantitative estimate of drug-likeness (QED) is 0.617. The first kappa shape index (κ1) is 23.3. The van der Waals surface area contributed by atoms with Crippen molar-refractivity contribution in [3.05, 3.63) is 59.7 Å². The Morgan fingerprint density at radius 3 is 2.52 bits per heavy atom. The van der Waals surface area contributed by atoms with Crippen LogP contribution in [0.3, 0.4) is 0 Å². The normalized spacial score (nSPS) is 10.4. The zero-order chi connectivity index (χ0) is 22.8. The van der Waals surface area contributed by atoms with Gasteiger partial charge >= 0.3 is 0 Å². The number of carbonyl (C=O) groups is 2. The number of benzene rings is 2. The molecule has 0 atom stereocenters. The lowest BCUT2D eigenvalue weighted by atomic mass is 10.2. The summed E-state index contributed by atoms with van der Waals surface area (Å²) in [5.41, 5.74) is 0.0702. The van der Waals surface area contributed by atoms with Crippen molar-refractivity contribution in [1.82, 2.24) is 4.90 Å². The van der Waals surface area contributed by atoms with E-state index in [-0.39, 0.29) is 19.7 Å². The van der Waals surface area contributed by atoms with Crippen molar-refractivity contribution >= 4 is 23.6 Å². The highest BCUT2D eigenvalue weighted by Crippen LogP contribution is 2.28. The zero-order valence-corrected chi connectivity index (χ0v) is 17.0. The number of rotatable bonds is 9. The van der Waals surface area contributed by atoms with Crippen LogP contribution in [-0.2, 0) is 9.59 Å². The third kappa shape index (κ3) is 6.54. The fourth-order valence-electron chi connectivity index (χ4n) is 2.61. The molecule has 0 fully saturated rings. The summed E-state index contributed by atoms with van der Waals surface area (Å²) >= 11 is 0. The molecule has 0 aliphatic heterocycles. The molecule has 2 aromatic rings. The highest BCUT2D eigenvalue weighted by Gasteiger charge is 2.17. The molecule has 9 heteroatoms. The van der Waals surface area contributed by atoms with Crippen LogP contribution in [0.15, 0.2) is 42.5 Å². The Balaban J connectivity index is 2.04. The van der Waals surface area contributed by atoms with E-state index in [1.165, 1.54) is 30.2 Å². The second kappa shape index (κ2) is 11.3. The van der Waals surface area contributed by atoms with Gasteiger partial charge in [-0.2, -0.15) is 5.26 Å². The Kier molecular flexibility index (Phi) is 8.52. The van der Waals surface area contributed by atoms with E-state index in [4.69, 9.17) is 14.7 Å². The second-order valence-corrected chi connectivity index (χ2v) is 6.19. The number of para-hydroxylation sites is 1. The third-order valence-corrected chi connectivity index (χ3v) is 4.15. The van der Waals surface area contributed by atoms with Gasteiger partial charge in [-0.15, -0.1) is 0 Å². The van der Waals surface area contributed by atoms with Gasteiger partial charge in [-0.1, -0.05) is 12.1 Å². The minimum Gasteiger partial charge on any atom is -0.493 e. The molecular weight excluding hydrogens is 408 g/mol. The van der Waals surface area contributed by atoms with Gasteiger partial charge in [0.25, 0.3) is 0 Å². The summed E-state index contributed by atoms with van der Waals surface area (Å²) in [6.07, 6.45) is 2.79. The lowest BCUT2D eigenvalue weighted by molar-refractivity contribution is -0.130. The summed E-state index contributed by atoms with van der Waals surface area (Å²) in [6, 6.07) is 9.99. The van der Waals surface area contributed by atoms with Gasteiger partial charge in [0.05, 0.1) is 7.11 Å². The maximum absolute atomic E-state index is 13.7. The molecule has 0 aliphatic carbocycles. The van der Waals surface area contributed by atoms with E-state index < -0.39 is 29.1 Å². The maximum Gasteiger partial charge on any atom is 0.247 e. The summed E-state index contributed by atoms with van der Waals surface area (Å²) in [5.74, 6) is -2.22. The predicted molar refractivity (Wildman–Crippen MR) is 110 cm³/mol. The van der Waals surface area contributed by atoms with Gasteiger partial charge in [0.15, 0.2) is 18.1 Å². The van der Waals surface area contributed by atoms with Crippen LogP contribution in [0, 0.1) is 23.0 Å². The average Bonchev–Trinajstić information content (AvgIpc) is 2.77. The SMILES string of the molecule is CCN(CC(=O)Nc1c(F)cccc1F)C(=O)/C=C/c1ccc(OCC#N)c(OC)c1. The topological polar surface area (TPSA) is 91.7 Å². The third-order valence-electron chi connectivity index (χ3n) is 4.15. The van der Waals surface area contributed by atoms with Crippen LogP contribution in [0.2, 0.25) is 0 Å². The predicted octanol–water partition coefficient (Wildman–Crippen LogP) is 3.38. The Morgan fingerprint density at radius 1 is 1.19 bits per heavy atom. The van der Waals surface area contributed by atoms with Crippen LogP contribution < -0.4 is 14.8 Å². The van der Waals surface area contributed by atoms with E-state index in [1.54, 1.807) is 25.1 Å². The molecular formula is C22H21F2N3O4. The molecule has 162 valence electrons. The fraction of sp³-hybridized carbons (Fsp3) is 0.227. The number of anilines is 1. The minimum absolute atomic E-state index is 0.131. The summed E-state index contributed by atoms with van der Waals surface area (Å²) in [5, 5.41) is 10.8. The van der Waals surface area contributed by atoms with Crippen LogP contribution in [0.25, 0.3) is 6.08 Å². The molecule has 0 heterocycles. The number of amides is 2. The maximum atomic E-state index is 13.7. The summed E-state index contributed by atoms with van der Waals surface area (Å²) in [6.45, 7) is 1.37. The van der Waals surface area contributed by atoms with Gasteiger partial charge in [0.2, 0.25) is 11.8 Å². The standard InChI is InChI=1S/C22H21F2N3O4/c1-3-27(14-20(28)26-22-16(23)5-4-6-17(22)24)21(29)10-8-15-7-9-18(31-12-11-25)19(13-15)30-2/h4-10,13H,3,12,14H2,1-2H3,(H,26,28)/b10-8+. The highest BCUT2D eigenvalue weighted by atomic mass is 19.1. The lowest BCUT2D eigenvalue weighted by Gasteiger charge is -2.19. The van der Waals surface area contributed by atoms with Crippen LogP contribution in [0.1, 0.15) is 12.5 Å². The molecule has 0 unspecified atom stereocenters. The monoisotopic (exact) mass is 429 g/mol. The molecule has 0 spiro atoms. The number of hydrogen-bond acceptors (Lipinski definition) is 5. The van der Waals surface area contributed by atoms with E-state index in [0.29, 0.717) is 17.1 Å².